The van der Waals surface area contributed by atoms with Crippen LogP contribution in [0, 0.1) is 13.8 Å². The predicted octanol–water partition coefficient (Wildman–Crippen LogP) is 13.2. The van der Waals surface area contributed by atoms with Crippen LogP contribution in [0.4, 0.5) is 0 Å². The quantitative estimate of drug-likeness (QED) is 0.153. The first-order valence-corrected chi connectivity index (χ1v) is 19.5. The van der Waals surface area contributed by atoms with Gasteiger partial charge in [-0.2, -0.15) is 0 Å². The Morgan fingerprint density at radius 2 is 1.16 bits per heavy atom. The van der Waals surface area contributed by atoms with Crippen molar-refractivity contribution < 1.29 is 4.74 Å². The molecule has 0 saturated carbocycles. The third-order valence-electron chi connectivity index (χ3n) is 11.5. The highest BCUT2D eigenvalue weighted by Crippen LogP contribution is 2.40. The lowest BCUT2D eigenvalue weighted by molar-refractivity contribution is 0.484. The van der Waals surface area contributed by atoms with Gasteiger partial charge in [0.05, 0.1) is 34.1 Å². The molecule has 0 unspecified atom stereocenters. The van der Waals surface area contributed by atoms with E-state index in [9.17, 15) is 0 Å². The van der Waals surface area contributed by atoms with Crippen molar-refractivity contribution in [1.29, 1.82) is 0 Å². The minimum absolute atomic E-state index is 0.346. The highest BCUT2D eigenvalue weighted by atomic mass is 16.5. The molecule has 4 aromatic heterocycles. The van der Waals surface area contributed by atoms with E-state index >= 15 is 0 Å². The Kier molecular flexibility index (Phi) is 7.85. The lowest BCUT2D eigenvalue weighted by atomic mass is 9.92. The fourth-order valence-corrected chi connectivity index (χ4v) is 8.87. The molecule has 0 aliphatic heterocycles. The molecule has 0 bridgehead atoms. The van der Waals surface area contributed by atoms with Gasteiger partial charge in [-0.1, -0.05) is 100 Å². The van der Waals surface area contributed by atoms with Crippen LogP contribution >= 0.6 is 0 Å². The van der Waals surface area contributed by atoms with Crippen LogP contribution in [0.3, 0.4) is 0 Å². The molecule has 10 rings (SSSR count). The third kappa shape index (κ3) is 5.16. The number of ether oxygens (including phenoxy) is 1. The lowest BCUT2D eigenvalue weighted by Crippen LogP contribution is -2.11. The van der Waals surface area contributed by atoms with Crippen molar-refractivity contribution >= 4 is 49.1 Å². The molecular weight excluding hydrogens is 687 g/mol. The summed E-state index contributed by atoms with van der Waals surface area (Å²) in [6.07, 6.45) is 6.03. The minimum Gasteiger partial charge on any atom is -0.457 e. The molecule has 56 heavy (non-hydrogen) atoms. The Labute approximate surface area is 326 Å². The van der Waals surface area contributed by atoms with Crippen molar-refractivity contribution in [3.05, 3.63) is 162 Å². The van der Waals surface area contributed by atoms with Gasteiger partial charge in [0.2, 0.25) is 5.95 Å². The van der Waals surface area contributed by atoms with Crippen LogP contribution in [0.25, 0.3) is 72.0 Å². The normalized spacial score (nSPS) is 12.1. The largest absolute Gasteiger partial charge is 0.457 e. The molecule has 0 atom stereocenters. The predicted molar refractivity (Wildman–Crippen MR) is 231 cm³/mol. The molecular formula is C50H43N5O. The summed E-state index contributed by atoms with van der Waals surface area (Å²) < 4.78 is 13.7. The van der Waals surface area contributed by atoms with E-state index in [4.69, 9.17) is 14.7 Å². The molecule has 6 nitrogen and oxygen atoms in total. The van der Waals surface area contributed by atoms with Crippen LogP contribution < -0.4 is 4.74 Å². The molecule has 0 aliphatic rings. The molecule has 6 aromatic carbocycles. The Morgan fingerprint density at radius 3 is 1.88 bits per heavy atom. The number of hydrogen-bond acceptors (Lipinski definition) is 3. The zero-order chi connectivity index (χ0) is 38.2. The minimum atomic E-state index is 0.346. The Morgan fingerprint density at radius 1 is 0.554 bits per heavy atom. The first kappa shape index (κ1) is 33.9. The van der Waals surface area contributed by atoms with Crippen molar-refractivity contribution in [1.82, 2.24) is 23.5 Å². The highest BCUT2D eigenvalue weighted by Gasteiger charge is 2.22. The topological polar surface area (TPSA) is 49.3 Å². The Balaban J connectivity index is 1.14. The second kappa shape index (κ2) is 13.0. The standard InChI is InChI=1S/C50H43N5O/c1-30(2)36-17-12-18-37(31(3)4)48(36)53-26-25-51-50(53)55-44-20-10-8-16-40(44)41-24-22-35(28-45(41)55)56-34-21-23-38-39-15-7-9-19-43(39)54-46(29-52-49(54)42(38)27-34)47-32(5)13-11-14-33(47)6/h7-31H,1-6H3. The van der Waals surface area contributed by atoms with Gasteiger partial charge in [0.15, 0.2) is 0 Å². The molecule has 0 aliphatic carbocycles. The number of benzene rings is 6. The monoisotopic (exact) mass is 729 g/mol. The van der Waals surface area contributed by atoms with E-state index in [1.807, 2.05) is 12.4 Å². The Hall–Kier alpha value is -6.66. The molecule has 4 heterocycles. The summed E-state index contributed by atoms with van der Waals surface area (Å²) >= 11 is 0. The maximum Gasteiger partial charge on any atom is 0.219 e. The maximum absolute atomic E-state index is 6.79. The van der Waals surface area contributed by atoms with Crippen LogP contribution in [-0.4, -0.2) is 23.5 Å². The molecule has 0 N–H and O–H groups in total. The molecule has 274 valence electrons. The summed E-state index contributed by atoms with van der Waals surface area (Å²) in [4.78, 5) is 10.1. The third-order valence-corrected chi connectivity index (χ3v) is 11.5. The van der Waals surface area contributed by atoms with E-state index in [2.05, 4.69) is 183 Å². The average molecular weight is 730 g/mol. The number of rotatable bonds is 7. The van der Waals surface area contributed by atoms with Gasteiger partial charge >= 0.3 is 0 Å². The molecule has 0 saturated heterocycles. The number of aryl methyl sites for hydroxylation is 2. The number of hydrogen-bond donors (Lipinski definition) is 0. The number of imidazole rings is 2. The number of fused-ring (bicyclic) bond motifs is 9. The van der Waals surface area contributed by atoms with Crippen molar-refractivity contribution in [2.75, 3.05) is 0 Å². The maximum atomic E-state index is 6.79. The first-order chi connectivity index (χ1) is 27.3. The first-order valence-electron chi connectivity index (χ1n) is 19.5. The molecule has 0 fully saturated rings. The van der Waals surface area contributed by atoms with Crippen LogP contribution in [0.2, 0.25) is 0 Å². The molecule has 6 heteroatoms. The fraction of sp³-hybridized carbons (Fsp3) is 0.160. The summed E-state index contributed by atoms with van der Waals surface area (Å²) in [5, 5.41) is 5.67. The highest BCUT2D eigenvalue weighted by molar-refractivity contribution is 6.13. The summed E-state index contributed by atoms with van der Waals surface area (Å²) in [5.41, 5.74) is 12.7. The molecule has 0 radical (unpaired) electrons. The van der Waals surface area contributed by atoms with Gasteiger partial charge < -0.3 is 4.74 Å². The summed E-state index contributed by atoms with van der Waals surface area (Å²) in [6.45, 7) is 13.4. The van der Waals surface area contributed by atoms with Crippen molar-refractivity contribution in [2.24, 2.45) is 0 Å². The van der Waals surface area contributed by atoms with Gasteiger partial charge in [0.1, 0.15) is 17.1 Å². The van der Waals surface area contributed by atoms with Gasteiger partial charge in [-0.05, 0) is 95.8 Å². The fourth-order valence-electron chi connectivity index (χ4n) is 8.87. The molecule has 0 spiro atoms. The number of aromatic nitrogens is 5. The summed E-state index contributed by atoms with van der Waals surface area (Å²) in [5.74, 6) is 3.04. The zero-order valence-corrected chi connectivity index (χ0v) is 32.6. The molecule has 10 aromatic rings. The van der Waals surface area contributed by atoms with Crippen LogP contribution in [0.1, 0.15) is 61.8 Å². The van der Waals surface area contributed by atoms with E-state index in [1.165, 1.54) is 44.3 Å². The van der Waals surface area contributed by atoms with Gasteiger partial charge in [0, 0.05) is 45.6 Å². The summed E-state index contributed by atoms with van der Waals surface area (Å²) in [7, 11) is 0. The van der Waals surface area contributed by atoms with E-state index < -0.39 is 0 Å². The summed E-state index contributed by atoms with van der Waals surface area (Å²) in [6, 6.07) is 43.1. The Bertz CT molecular complexity index is 3110. The molecule has 0 amide bonds. The van der Waals surface area contributed by atoms with Gasteiger partial charge in [0.25, 0.3) is 0 Å². The van der Waals surface area contributed by atoms with E-state index in [-0.39, 0.29) is 0 Å². The average Bonchev–Trinajstić information content (AvgIpc) is 3.94. The van der Waals surface area contributed by atoms with Gasteiger partial charge in [-0.15, -0.1) is 0 Å². The van der Waals surface area contributed by atoms with Crippen LogP contribution in [0.15, 0.2) is 140 Å². The lowest BCUT2D eigenvalue weighted by Gasteiger charge is -2.22. The van der Waals surface area contributed by atoms with Crippen LogP contribution in [0.5, 0.6) is 11.5 Å². The number of nitrogens with zero attached hydrogens (tertiary/aromatic N) is 5. The van der Waals surface area contributed by atoms with Gasteiger partial charge in [-0.25, -0.2) is 9.97 Å². The SMILES string of the molecule is Cc1cccc(C)c1-c1cnc2c3cc(Oc4ccc5c6ccccc6n(-c6nccn6-c6c(C(C)C)cccc6C(C)C)c5c4)ccc3c3ccccc3n12. The second-order valence-electron chi connectivity index (χ2n) is 15.6. The van der Waals surface area contributed by atoms with E-state index in [1.54, 1.807) is 0 Å². The number of para-hydroxylation sites is 3. The van der Waals surface area contributed by atoms with E-state index in [0.717, 1.165) is 61.5 Å². The van der Waals surface area contributed by atoms with Crippen molar-refractivity contribution in [2.45, 2.75) is 53.4 Å². The van der Waals surface area contributed by atoms with E-state index in [0.29, 0.717) is 11.8 Å². The van der Waals surface area contributed by atoms with Gasteiger partial charge in [-0.3, -0.25) is 13.5 Å². The van der Waals surface area contributed by atoms with Crippen molar-refractivity contribution in [3.8, 4) is 34.4 Å². The van der Waals surface area contributed by atoms with Crippen molar-refractivity contribution in [3.63, 3.8) is 0 Å². The number of pyridine rings is 1. The van der Waals surface area contributed by atoms with Crippen LogP contribution in [-0.2, 0) is 0 Å². The second-order valence-corrected chi connectivity index (χ2v) is 15.6. The smallest absolute Gasteiger partial charge is 0.219 e. The zero-order valence-electron chi connectivity index (χ0n) is 32.6.